The van der Waals surface area contributed by atoms with Gasteiger partial charge in [0.2, 0.25) is 5.91 Å². The second-order valence-electron chi connectivity index (χ2n) is 4.76. The van der Waals surface area contributed by atoms with Gasteiger partial charge in [0.25, 0.3) is 0 Å². The Balaban J connectivity index is 1.67. The molecule has 21 heavy (non-hydrogen) atoms. The van der Waals surface area contributed by atoms with E-state index < -0.39 is 17.8 Å². The lowest BCUT2D eigenvalue weighted by Gasteiger charge is -2.31. The molecule has 5 nitrogen and oxygen atoms in total. The van der Waals surface area contributed by atoms with Gasteiger partial charge in [-0.3, -0.25) is 9.59 Å². The van der Waals surface area contributed by atoms with E-state index in [0.29, 0.717) is 22.3 Å². The number of rotatable bonds is 4. The number of thiophene rings is 1. The van der Waals surface area contributed by atoms with Gasteiger partial charge in [0.15, 0.2) is 5.13 Å². The van der Waals surface area contributed by atoms with Crippen LogP contribution < -0.4 is 5.32 Å². The van der Waals surface area contributed by atoms with Crippen LogP contribution in [0, 0.1) is 11.8 Å². The van der Waals surface area contributed by atoms with Crippen LogP contribution in [0.5, 0.6) is 0 Å². The molecule has 2 N–H and O–H groups in total. The van der Waals surface area contributed by atoms with Gasteiger partial charge >= 0.3 is 5.97 Å². The average molecular weight is 343 g/mol. The Bertz CT molecular complexity index is 697. The SMILES string of the molecule is O=C(O)[C@H]1CC[C@@H]1C(=O)Nc1nc(-c2ccc(Cl)s2)cs1. The summed E-state index contributed by atoms with van der Waals surface area (Å²) in [5, 5.41) is 14.0. The summed E-state index contributed by atoms with van der Waals surface area (Å²) in [5.41, 5.74) is 0.760. The van der Waals surface area contributed by atoms with Crippen molar-refractivity contribution < 1.29 is 14.7 Å². The fourth-order valence-corrected chi connectivity index (χ4v) is 4.00. The van der Waals surface area contributed by atoms with Gasteiger partial charge in [-0.2, -0.15) is 0 Å². The predicted molar refractivity (Wildman–Crippen MR) is 82.9 cm³/mol. The molecule has 0 spiro atoms. The minimum Gasteiger partial charge on any atom is -0.481 e. The molecule has 110 valence electrons. The summed E-state index contributed by atoms with van der Waals surface area (Å²) in [7, 11) is 0. The first-order valence-corrected chi connectivity index (χ1v) is 8.37. The standard InChI is InChI=1S/C13H11ClN2O3S2/c14-10-4-3-9(21-10)8-5-20-13(15-8)16-11(17)6-1-2-7(6)12(18)19/h3-7H,1-2H2,(H,18,19)(H,15,16,17)/t6-,7-/m0/s1. The van der Waals surface area contributed by atoms with Gasteiger partial charge in [0.05, 0.1) is 26.7 Å². The first kappa shape index (κ1) is 14.5. The quantitative estimate of drug-likeness (QED) is 0.890. The van der Waals surface area contributed by atoms with E-state index in [4.69, 9.17) is 16.7 Å². The Hall–Kier alpha value is -1.44. The number of aromatic nitrogens is 1. The lowest BCUT2D eigenvalue weighted by Crippen LogP contribution is -2.41. The number of halogens is 1. The van der Waals surface area contributed by atoms with Crippen molar-refractivity contribution in [1.82, 2.24) is 4.98 Å². The van der Waals surface area contributed by atoms with E-state index in [2.05, 4.69) is 10.3 Å². The lowest BCUT2D eigenvalue weighted by atomic mass is 9.73. The molecule has 2 aromatic heterocycles. The summed E-state index contributed by atoms with van der Waals surface area (Å²) in [6.07, 6.45) is 1.17. The van der Waals surface area contributed by atoms with Crippen molar-refractivity contribution >= 4 is 51.3 Å². The van der Waals surface area contributed by atoms with Crippen LogP contribution in [0.25, 0.3) is 10.6 Å². The zero-order valence-electron chi connectivity index (χ0n) is 10.7. The van der Waals surface area contributed by atoms with Crippen LogP contribution >= 0.6 is 34.3 Å². The maximum Gasteiger partial charge on any atom is 0.307 e. The lowest BCUT2D eigenvalue weighted by molar-refractivity contribution is -0.151. The van der Waals surface area contributed by atoms with Gasteiger partial charge in [0.1, 0.15) is 0 Å². The molecule has 1 saturated carbocycles. The van der Waals surface area contributed by atoms with E-state index in [-0.39, 0.29) is 5.91 Å². The number of anilines is 1. The van der Waals surface area contributed by atoms with E-state index in [1.165, 1.54) is 22.7 Å². The van der Waals surface area contributed by atoms with E-state index in [9.17, 15) is 9.59 Å². The van der Waals surface area contributed by atoms with Crippen LogP contribution in [0.15, 0.2) is 17.5 Å². The van der Waals surface area contributed by atoms with Crippen LogP contribution in [0.2, 0.25) is 4.34 Å². The summed E-state index contributed by atoms with van der Waals surface area (Å²) in [6.45, 7) is 0. The molecule has 1 aliphatic rings. The predicted octanol–water partition coefficient (Wildman–Crippen LogP) is 3.57. The number of nitrogens with one attached hydrogen (secondary N) is 1. The largest absolute Gasteiger partial charge is 0.481 e. The van der Waals surface area contributed by atoms with Crippen LogP contribution in [-0.2, 0) is 9.59 Å². The maximum absolute atomic E-state index is 12.0. The topological polar surface area (TPSA) is 79.3 Å². The third-order valence-corrected chi connectivity index (χ3v) is 5.50. The molecular formula is C13H11ClN2O3S2. The number of carbonyl (C=O) groups excluding carboxylic acids is 1. The molecule has 2 atom stereocenters. The second-order valence-corrected chi connectivity index (χ2v) is 7.33. The minimum absolute atomic E-state index is 0.265. The molecule has 2 heterocycles. The zero-order valence-corrected chi connectivity index (χ0v) is 13.1. The highest BCUT2D eigenvalue weighted by Gasteiger charge is 2.41. The number of thiazole rings is 1. The molecule has 3 rings (SSSR count). The van der Waals surface area contributed by atoms with E-state index in [1.54, 1.807) is 6.07 Å². The fourth-order valence-electron chi connectivity index (χ4n) is 2.20. The molecule has 0 unspecified atom stereocenters. The molecular weight excluding hydrogens is 332 g/mol. The Morgan fingerprint density at radius 3 is 2.67 bits per heavy atom. The minimum atomic E-state index is -0.908. The number of amides is 1. The van der Waals surface area contributed by atoms with Gasteiger partial charge in [0, 0.05) is 5.38 Å². The number of hydrogen-bond donors (Lipinski definition) is 2. The second kappa shape index (κ2) is 5.75. The van der Waals surface area contributed by atoms with Crippen molar-refractivity contribution in [3.05, 3.63) is 21.8 Å². The number of nitrogens with zero attached hydrogens (tertiary/aromatic N) is 1. The zero-order chi connectivity index (χ0) is 15.0. The van der Waals surface area contributed by atoms with Crippen molar-refractivity contribution in [3.63, 3.8) is 0 Å². The third-order valence-electron chi connectivity index (χ3n) is 3.49. The van der Waals surface area contributed by atoms with Gasteiger partial charge in [-0.1, -0.05) is 11.6 Å². The van der Waals surface area contributed by atoms with Gasteiger partial charge < -0.3 is 10.4 Å². The molecule has 1 amide bonds. The smallest absolute Gasteiger partial charge is 0.307 e. The molecule has 1 fully saturated rings. The van der Waals surface area contributed by atoms with E-state index >= 15 is 0 Å². The summed E-state index contributed by atoms with van der Waals surface area (Å²) >= 11 is 8.62. The molecule has 1 aliphatic carbocycles. The van der Waals surface area contributed by atoms with Crippen molar-refractivity contribution in [2.24, 2.45) is 11.8 Å². The summed E-state index contributed by atoms with van der Waals surface area (Å²) < 4.78 is 0.683. The van der Waals surface area contributed by atoms with Gasteiger partial charge in [-0.05, 0) is 25.0 Å². The molecule has 2 aromatic rings. The van der Waals surface area contributed by atoms with Crippen molar-refractivity contribution in [2.45, 2.75) is 12.8 Å². The third kappa shape index (κ3) is 2.95. The van der Waals surface area contributed by atoms with E-state index in [0.717, 1.165) is 10.6 Å². The summed E-state index contributed by atoms with van der Waals surface area (Å²) in [4.78, 5) is 28.2. The van der Waals surface area contributed by atoms with Crippen LogP contribution in [0.4, 0.5) is 5.13 Å². The normalized spacial score (nSPS) is 20.8. The molecule has 0 bridgehead atoms. The van der Waals surface area contributed by atoms with Crippen LogP contribution in [-0.4, -0.2) is 22.0 Å². The van der Waals surface area contributed by atoms with Crippen LogP contribution in [0.3, 0.4) is 0 Å². The Morgan fingerprint density at radius 2 is 2.10 bits per heavy atom. The molecule has 0 aliphatic heterocycles. The van der Waals surface area contributed by atoms with E-state index in [1.807, 2.05) is 11.4 Å². The molecule has 8 heteroatoms. The number of carboxylic acid groups (broad SMARTS) is 1. The Kier molecular flexibility index (Phi) is 3.97. The van der Waals surface area contributed by atoms with Crippen LogP contribution in [0.1, 0.15) is 12.8 Å². The number of aliphatic carboxylic acids is 1. The average Bonchev–Trinajstić information content (AvgIpc) is 2.95. The van der Waals surface area contributed by atoms with Crippen molar-refractivity contribution in [3.8, 4) is 10.6 Å². The fraction of sp³-hybridized carbons (Fsp3) is 0.308. The molecule has 0 radical (unpaired) electrons. The number of hydrogen-bond acceptors (Lipinski definition) is 5. The molecule has 0 saturated heterocycles. The molecule has 0 aromatic carbocycles. The highest BCUT2D eigenvalue weighted by atomic mass is 35.5. The maximum atomic E-state index is 12.0. The first-order valence-electron chi connectivity index (χ1n) is 6.29. The first-order chi connectivity index (χ1) is 10.0. The number of carbonyl (C=O) groups is 2. The number of carboxylic acids is 1. The monoisotopic (exact) mass is 342 g/mol. The Labute approximate surface area is 133 Å². The van der Waals surface area contributed by atoms with Crippen molar-refractivity contribution in [2.75, 3.05) is 5.32 Å². The Morgan fingerprint density at radius 1 is 1.33 bits per heavy atom. The van der Waals surface area contributed by atoms with Crippen molar-refractivity contribution in [1.29, 1.82) is 0 Å². The summed E-state index contributed by atoms with van der Waals surface area (Å²) in [5.74, 6) is -2.19. The summed E-state index contributed by atoms with van der Waals surface area (Å²) in [6, 6.07) is 3.67. The van der Waals surface area contributed by atoms with Gasteiger partial charge in [-0.25, -0.2) is 4.98 Å². The highest BCUT2D eigenvalue weighted by molar-refractivity contribution is 7.20. The highest BCUT2D eigenvalue weighted by Crippen LogP contribution is 2.36. The van der Waals surface area contributed by atoms with Gasteiger partial charge in [-0.15, -0.1) is 22.7 Å².